The lowest BCUT2D eigenvalue weighted by atomic mass is 9.49. The van der Waals surface area contributed by atoms with Crippen LogP contribution in [0.3, 0.4) is 0 Å². The number of benzene rings is 1. The average molecular weight is 427 g/mol. The Morgan fingerprint density at radius 2 is 1.76 bits per heavy atom. The van der Waals surface area contributed by atoms with Gasteiger partial charge in [0, 0.05) is 0 Å². The molecule has 6 rings (SSSR count). The Morgan fingerprint density at radius 3 is 2.31 bits per heavy atom. The van der Waals surface area contributed by atoms with Gasteiger partial charge in [-0.2, -0.15) is 5.01 Å². The molecule has 1 aromatic rings. The molecule has 1 N–H and O–H groups in total. The molecule has 0 aromatic heterocycles. The van der Waals surface area contributed by atoms with Gasteiger partial charge in [-0.25, -0.2) is 0 Å². The lowest BCUT2D eigenvalue weighted by molar-refractivity contribution is -0.152. The number of aryl methyl sites for hydroxylation is 1. The second-order valence-corrected chi connectivity index (χ2v) is 10.9. The van der Waals surface area contributed by atoms with Crippen LogP contribution in [0, 0.1) is 23.2 Å². The van der Waals surface area contributed by atoms with E-state index in [0.29, 0.717) is 27.0 Å². The van der Waals surface area contributed by atoms with Crippen LogP contribution in [-0.2, 0) is 16.0 Å². The molecule has 152 valence electrons. The highest BCUT2D eigenvalue weighted by Crippen LogP contribution is 2.60. The van der Waals surface area contributed by atoms with Crippen LogP contribution in [0.15, 0.2) is 29.2 Å². The molecule has 0 atom stereocenters. The SMILES string of the molecule is CCc1ccc(/C=C2\SC(=S)N(NC(=O)C34CC5CC(CC(C5)C3)C4)C2=O)cc1. The number of amides is 2. The molecule has 5 fully saturated rings. The van der Waals surface area contributed by atoms with Crippen molar-refractivity contribution in [3.05, 3.63) is 40.3 Å². The van der Waals surface area contributed by atoms with Gasteiger partial charge in [-0.1, -0.05) is 43.0 Å². The molecule has 6 heteroatoms. The summed E-state index contributed by atoms with van der Waals surface area (Å²) in [6, 6.07) is 8.17. The van der Waals surface area contributed by atoms with Crippen molar-refractivity contribution in [2.24, 2.45) is 23.2 Å². The average Bonchev–Trinajstić information content (AvgIpc) is 2.95. The zero-order valence-corrected chi connectivity index (χ0v) is 18.3. The lowest BCUT2D eigenvalue weighted by Crippen LogP contribution is -2.57. The number of nitrogens with one attached hydrogen (secondary N) is 1. The molecule has 4 bridgehead atoms. The molecule has 29 heavy (non-hydrogen) atoms. The van der Waals surface area contributed by atoms with E-state index in [1.54, 1.807) is 0 Å². The van der Waals surface area contributed by atoms with Crippen molar-refractivity contribution in [1.29, 1.82) is 0 Å². The largest absolute Gasteiger partial charge is 0.285 e. The van der Waals surface area contributed by atoms with Gasteiger partial charge in [0.15, 0.2) is 4.32 Å². The first-order chi connectivity index (χ1) is 14.0. The van der Waals surface area contributed by atoms with Crippen molar-refractivity contribution in [3.8, 4) is 0 Å². The number of hydrazine groups is 1. The predicted molar refractivity (Wildman–Crippen MR) is 120 cm³/mol. The monoisotopic (exact) mass is 426 g/mol. The maximum atomic E-state index is 13.3. The van der Waals surface area contributed by atoms with E-state index in [2.05, 4.69) is 24.5 Å². The molecule has 0 radical (unpaired) electrons. The van der Waals surface area contributed by atoms with Gasteiger partial charge in [-0.05, 0) is 92.1 Å². The zero-order valence-electron chi connectivity index (χ0n) is 16.6. The van der Waals surface area contributed by atoms with Crippen LogP contribution in [0.2, 0.25) is 0 Å². The minimum atomic E-state index is -0.294. The maximum Gasteiger partial charge on any atom is 0.285 e. The molecule has 1 heterocycles. The van der Waals surface area contributed by atoms with E-state index < -0.39 is 0 Å². The number of hydrogen-bond acceptors (Lipinski definition) is 4. The minimum absolute atomic E-state index is 0.00134. The summed E-state index contributed by atoms with van der Waals surface area (Å²) < 4.78 is 0.407. The third kappa shape index (κ3) is 3.44. The molecule has 0 spiro atoms. The fraction of sp³-hybridized carbons (Fsp3) is 0.522. The van der Waals surface area contributed by atoms with Gasteiger partial charge in [0.2, 0.25) is 5.91 Å². The van der Waals surface area contributed by atoms with Crippen molar-refractivity contribution < 1.29 is 9.59 Å². The Kier molecular flexibility index (Phi) is 4.82. The maximum absolute atomic E-state index is 13.3. The van der Waals surface area contributed by atoms with E-state index in [1.165, 1.54) is 41.6 Å². The number of nitrogens with zero attached hydrogens (tertiary/aromatic N) is 1. The van der Waals surface area contributed by atoms with Gasteiger partial charge in [0.25, 0.3) is 5.91 Å². The molecular formula is C23H26N2O2S2. The van der Waals surface area contributed by atoms with E-state index in [-0.39, 0.29) is 17.2 Å². The number of carbonyl (C=O) groups excluding carboxylic acids is 2. The summed E-state index contributed by atoms with van der Waals surface area (Å²) in [5.74, 6) is 1.83. The molecule has 2 amide bonds. The Morgan fingerprint density at radius 1 is 1.17 bits per heavy atom. The molecule has 5 aliphatic rings. The lowest BCUT2D eigenvalue weighted by Gasteiger charge is -2.55. The Labute approximate surface area is 181 Å². The van der Waals surface area contributed by atoms with Gasteiger partial charge in [-0.3, -0.25) is 15.0 Å². The predicted octanol–water partition coefficient (Wildman–Crippen LogP) is 4.70. The molecule has 4 aliphatic carbocycles. The van der Waals surface area contributed by atoms with Crippen LogP contribution in [0.5, 0.6) is 0 Å². The highest BCUT2D eigenvalue weighted by Gasteiger charge is 2.55. The van der Waals surface area contributed by atoms with E-state index in [4.69, 9.17) is 12.2 Å². The van der Waals surface area contributed by atoms with Crippen molar-refractivity contribution >= 4 is 46.2 Å². The smallest absolute Gasteiger partial charge is 0.273 e. The molecule has 4 nitrogen and oxygen atoms in total. The summed E-state index contributed by atoms with van der Waals surface area (Å²) in [6.07, 6.45) is 9.61. The van der Waals surface area contributed by atoms with Crippen LogP contribution in [0.25, 0.3) is 6.08 Å². The summed E-state index contributed by atoms with van der Waals surface area (Å²) in [6.45, 7) is 2.12. The van der Waals surface area contributed by atoms with E-state index >= 15 is 0 Å². The molecular weight excluding hydrogens is 400 g/mol. The summed E-state index contributed by atoms with van der Waals surface area (Å²) in [5.41, 5.74) is 4.85. The van der Waals surface area contributed by atoms with Crippen molar-refractivity contribution in [3.63, 3.8) is 0 Å². The number of carbonyl (C=O) groups is 2. The highest BCUT2D eigenvalue weighted by atomic mass is 32.2. The van der Waals surface area contributed by atoms with Gasteiger partial charge in [0.05, 0.1) is 10.3 Å². The van der Waals surface area contributed by atoms with E-state index in [1.807, 2.05) is 18.2 Å². The third-order valence-electron chi connectivity index (χ3n) is 7.21. The van der Waals surface area contributed by atoms with Gasteiger partial charge < -0.3 is 0 Å². The topological polar surface area (TPSA) is 49.4 Å². The molecule has 4 saturated carbocycles. The van der Waals surface area contributed by atoms with Crippen LogP contribution in [-0.4, -0.2) is 21.1 Å². The second kappa shape index (κ2) is 7.24. The summed E-state index contributed by atoms with van der Waals surface area (Å²) in [5, 5.41) is 1.30. The standard InChI is InChI=1S/C23H26N2O2S2/c1-2-14-3-5-15(6-4-14)10-19-20(26)25(22(28)29-19)24-21(27)23-11-16-7-17(12-23)9-18(8-16)13-23/h3-6,10,16-18H,2,7-9,11-13H2,1H3,(H,24,27)/b19-10-. The molecule has 1 aliphatic heterocycles. The van der Waals surface area contributed by atoms with Gasteiger partial charge in [-0.15, -0.1) is 0 Å². The van der Waals surface area contributed by atoms with Crippen molar-refractivity contribution in [1.82, 2.24) is 10.4 Å². The number of rotatable bonds is 4. The van der Waals surface area contributed by atoms with Crippen molar-refractivity contribution in [2.75, 3.05) is 0 Å². The van der Waals surface area contributed by atoms with Crippen molar-refractivity contribution in [2.45, 2.75) is 51.9 Å². The first-order valence-electron chi connectivity index (χ1n) is 10.6. The Hall–Kier alpha value is -1.66. The van der Waals surface area contributed by atoms with E-state index in [9.17, 15) is 9.59 Å². The number of thiocarbonyl (C=S) groups is 1. The third-order valence-corrected chi connectivity index (χ3v) is 8.51. The van der Waals surface area contributed by atoms with E-state index in [0.717, 1.165) is 31.2 Å². The fourth-order valence-electron chi connectivity index (χ4n) is 6.17. The second-order valence-electron chi connectivity index (χ2n) is 9.25. The highest BCUT2D eigenvalue weighted by molar-refractivity contribution is 8.26. The summed E-state index contributed by atoms with van der Waals surface area (Å²) in [4.78, 5) is 26.8. The van der Waals surface area contributed by atoms with Crippen LogP contribution < -0.4 is 5.43 Å². The molecule has 1 saturated heterocycles. The zero-order chi connectivity index (χ0) is 20.2. The fourth-order valence-corrected chi connectivity index (χ4v) is 7.35. The quantitative estimate of drug-likeness (QED) is 0.560. The molecule has 0 unspecified atom stereocenters. The first-order valence-corrected chi connectivity index (χ1v) is 11.9. The van der Waals surface area contributed by atoms with Crippen LogP contribution in [0.4, 0.5) is 0 Å². The summed E-state index contributed by atoms with van der Waals surface area (Å²) in [7, 11) is 0. The first kappa shape index (κ1) is 19.3. The number of thioether (sulfide) groups is 1. The Balaban J connectivity index is 1.31. The normalized spacial score (nSPS) is 34.3. The molecule has 1 aromatic carbocycles. The van der Waals surface area contributed by atoms with Gasteiger partial charge in [0.1, 0.15) is 0 Å². The number of hydrogen-bond donors (Lipinski definition) is 1. The van der Waals surface area contributed by atoms with Gasteiger partial charge >= 0.3 is 0 Å². The minimum Gasteiger partial charge on any atom is -0.273 e. The van der Waals surface area contributed by atoms with Crippen LogP contribution >= 0.6 is 24.0 Å². The Bertz CT molecular complexity index is 871. The summed E-state index contributed by atoms with van der Waals surface area (Å²) >= 11 is 6.68. The van der Waals surface area contributed by atoms with Crippen LogP contribution in [0.1, 0.15) is 56.6 Å².